The van der Waals surface area contributed by atoms with Crippen LogP contribution in [-0.4, -0.2) is 48.6 Å². The van der Waals surface area contributed by atoms with Gasteiger partial charge in [0.15, 0.2) is 11.9 Å². The van der Waals surface area contributed by atoms with Crippen molar-refractivity contribution in [2.24, 2.45) is 5.92 Å². The van der Waals surface area contributed by atoms with Crippen molar-refractivity contribution in [2.45, 2.75) is 64.3 Å². The zero-order valence-electron chi connectivity index (χ0n) is 20.3. The summed E-state index contributed by atoms with van der Waals surface area (Å²) in [4.78, 5) is 32.8. The molecule has 181 valence electrons. The highest BCUT2D eigenvalue weighted by molar-refractivity contribution is 7.20. The third-order valence-corrected chi connectivity index (χ3v) is 8.01. The molecule has 0 saturated carbocycles. The molecule has 1 aromatic carbocycles. The number of ketones is 1. The van der Waals surface area contributed by atoms with Gasteiger partial charge in [-0.2, -0.15) is 0 Å². The lowest BCUT2D eigenvalue weighted by atomic mass is 9.95. The molecule has 1 amide bonds. The van der Waals surface area contributed by atoms with Crippen LogP contribution in [0.2, 0.25) is 0 Å². The number of nitrogens with zero attached hydrogens (tertiary/aromatic N) is 2. The molecule has 1 atom stereocenters. The summed E-state index contributed by atoms with van der Waals surface area (Å²) in [5.74, 6) is 1.35. The van der Waals surface area contributed by atoms with Gasteiger partial charge in [0.25, 0.3) is 0 Å². The Kier molecular flexibility index (Phi) is 8.51. The van der Waals surface area contributed by atoms with Gasteiger partial charge >= 0.3 is 5.84 Å². The lowest BCUT2D eigenvalue weighted by molar-refractivity contribution is -0.126. The standard InChI is InChI=1S/C27H36N4O2S/c1-3-21(32)10-5-4-6-11-22(30-27(33)19-13-15-31(2)16-14-19)26-28-18-23(29-26)25-17-20-9-7-8-12-24(20)34-25/h7-9,12,17-19,22,29H,3-6,10-11,13-16H2,1-2H3,(H,30,33)/q+1/t22-/m0/s1. The van der Waals surface area contributed by atoms with Crippen LogP contribution in [0.4, 0.5) is 0 Å². The molecule has 34 heavy (non-hydrogen) atoms. The number of likely N-dealkylation sites (tertiary alicyclic amines) is 1. The summed E-state index contributed by atoms with van der Waals surface area (Å²) in [6.07, 6.45) is 8.62. The van der Waals surface area contributed by atoms with E-state index in [0.29, 0.717) is 18.6 Å². The predicted molar refractivity (Wildman–Crippen MR) is 141 cm³/mol. The first-order valence-electron chi connectivity index (χ1n) is 12.6. The van der Waals surface area contributed by atoms with Gasteiger partial charge in [-0.3, -0.25) is 9.59 Å². The number of thiophene rings is 1. The molecule has 0 aliphatic carbocycles. The summed E-state index contributed by atoms with van der Waals surface area (Å²) in [5, 5.41) is 8.03. The fraction of sp³-hybridized carbons (Fsp3) is 0.519. The van der Waals surface area contributed by atoms with Crippen molar-refractivity contribution in [3.8, 4) is 0 Å². The van der Waals surface area contributed by atoms with Crippen molar-refractivity contribution in [1.82, 2.24) is 20.5 Å². The van der Waals surface area contributed by atoms with Crippen LogP contribution in [0.3, 0.4) is 0 Å². The number of piperidine rings is 1. The molecule has 1 radical (unpaired) electrons. The second kappa shape index (κ2) is 11.8. The van der Waals surface area contributed by atoms with E-state index < -0.39 is 0 Å². The van der Waals surface area contributed by atoms with E-state index in [-0.39, 0.29) is 17.9 Å². The van der Waals surface area contributed by atoms with Crippen LogP contribution in [0.5, 0.6) is 0 Å². The number of benzene rings is 1. The first-order valence-corrected chi connectivity index (χ1v) is 13.4. The number of amides is 1. The van der Waals surface area contributed by atoms with Gasteiger partial charge in [0.2, 0.25) is 5.91 Å². The molecular formula is C27H36N4O2S+. The molecule has 4 rings (SSSR count). The number of nitrogens with one attached hydrogen (secondary N) is 2. The monoisotopic (exact) mass is 480 g/mol. The molecule has 2 aliphatic heterocycles. The van der Waals surface area contributed by atoms with Gasteiger partial charge in [-0.25, -0.2) is 5.32 Å². The second-order valence-electron chi connectivity index (χ2n) is 9.46. The maximum atomic E-state index is 13.1. The maximum Gasteiger partial charge on any atom is 0.319 e. The summed E-state index contributed by atoms with van der Waals surface area (Å²) in [6, 6.07) is 10.4. The minimum atomic E-state index is -0.142. The first-order chi connectivity index (χ1) is 16.5. The minimum Gasteiger partial charge on any atom is -0.342 e. The van der Waals surface area contributed by atoms with Gasteiger partial charge in [0.05, 0.1) is 4.88 Å². The Morgan fingerprint density at radius 1 is 1.21 bits per heavy atom. The number of fused-ring (bicyclic) bond motifs is 1. The lowest BCUT2D eigenvalue weighted by Gasteiger charge is -2.29. The number of amidine groups is 1. The van der Waals surface area contributed by atoms with Crippen molar-refractivity contribution >= 4 is 44.6 Å². The van der Waals surface area contributed by atoms with Crippen LogP contribution in [-0.2, 0) is 9.59 Å². The van der Waals surface area contributed by atoms with Gasteiger partial charge in [-0.1, -0.05) is 38.0 Å². The molecule has 0 spiro atoms. The highest BCUT2D eigenvalue weighted by Crippen LogP contribution is 2.30. The van der Waals surface area contributed by atoms with Crippen molar-refractivity contribution in [3.05, 3.63) is 41.4 Å². The smallest absolute Gasteiger partial charge is 0.319 e. The molecule has 2 aliphatic rings. The van der Waals surface area contributed by atoms with Gasteiger partial charge in [0, 0.05) is 23.5 Å². The second-order valence-corrected chi connectivity index (χ2v) is 10.5. The molecule has 1 saturated heterocycles. The summed E-state index contributed by atoms with van der Waals surface area (Å²) in [6.45, 7) is 3.85. The van der Waals surface area contributed by atoms with E-state index in [1.165, 1.54) is 10.1 Å². The summed E-state index contributed by atoms with van der Waals surface area (Å²) < 4.78 is 1.25. The molecule has 7 heteroatoms. The van der Waals surface area contributed by atoms with Crippen molar-refractivity contribution in [2.75, 3.05) is 20.1 Å². The average molecular weight is 481 g/mol. The summed E-state index contributed by atoms with van der Waals surface area (Å²) in [7, 11) is 2.11. The van der Waals surface area contributed by atoms with E-state index in [0.717, 1.165) is 68.0 Å². The molecular weight excluding hydrogens is 444 g/mol. The van der Waals surface area contributed by atoms with Crippen molar-refractivity contribution in [3.63, 3.8) is 0 Å². The van der Waals surface area contributed by atoms with Crippen LogP contribution >= 0.6 is 11.3 Å². The number of hydrogen-bond donors (Lipinski definition) is 2. The third-order valence-electron chi connectivity index (χ3n) is 6.87. The number of Topliss-reactive ketones (excluding diaryl/α,β-unsaturated/α-hetero) is 1. The van der Waals surface area contributed by atoms with Crippen LogP contribution in [0.15, 0.2) is 36.5 Å². The Hall–Kier alpha value is -2.51. The Balaban J connectivity index is 1.37. The lowest BCUT2D eigenvalue weighted by Crippen LogP contribution is -2.49. The van der Waals surface area contributed by atoms with Crippen LogP contribution in [0, 0.1) is 5.92 Å². The average Bonchev–Trinajstić information content (AvgIpc) is 3.50. The van der Waals surface area contributed by atoms with E-state index in [1.54, 1.807) is 11.3 Å². The number of aliphatic imine (C=N–C) groups is 1. The van der Waals surface area contributed by atoms with E-state index in [1.807, 2.05) is 13.1 Å². The highest BCUT2D eigenvalue weighted by Gasteiger charge is 2.33. The van der Waals surface area contributed by atoms with E-state index in [2.05, 4.69) is 57.9 Å². The topological polar surface area (TPSA) is 75.5 Å². The molecule has 2 aromatic rings. The number of hydrogen-bond acceptors (Lipinski definition) is 6. The molecule has 2 N–H and O–H groups in total. The Morgan fingerprint density at radius 2 is 2.00 bits per heavy atom. The quantitative estimate of drug-likeness (QED) is 0.471. The fourth-order valence-electron chi connectivity index (χ4n) is 4.62. The number of unbranched alkanes of at least 4 members (excludes halogenated alkanes) is 2. The van der Waals surface area contributed by atoms with E-state index in [4.69, 9.17) is 0 Å². The minimum absolute atomic E-state index is 0.0675. The Morgan fingerprint density at radius 3 is 2.76 bits per heavy atom. The van der Waals surface area contributed by atoms with Crippen molar-refractivity contribution in [1.29, 1.82) is 0 Å². The van der Waals surface area contributed by atoms with Gasteiger partial charge in [0.1, 0.15) is 11.8 Å². The van der Waals surface area contributed by atoms with Gasteiger partial charge in [-0.05, 0) is 68.3 Å². The Bertz CT molecular complexity index is 1030. The van der Waals surface area contributed by atoms with Crippen LogP contribution in [0.1, 0.15) is 63.2 Å². The number of carbonyl (C=O) groups is 2. The fourth-order valence-corrected chi connectivity index (χ4v) is 5.64. The molecule has 1 fully saturated rings. The number of rotatable bonds is 11. The Labute approximate surface area is 206 Å². The number of carbonyl (C=O) groups excluding carboxylic acids is 2. The molecule has 1 aromatic heterocycles. The molecule has 0 unspecified atom stereocenters. The normalized spacial score (nSPS) is 17.8. The van der Waals surface area contributed by atoms with Gasteiger partial charge < -0.3 is 10.2 Å². The predicted octanol–water partition coefficient (Wildman–Crippen LogP) is 4.29. The van der Waals surface area contributed by atoms with Crippen molar-refractivity contribution < 1.29 is 9.59 Å². The summed E-state index contributed by atoms with van der Waals surface area (Å²) in [5.41, 5.74) is 0.989. The molecule has 3 heterocycles. The first kappa shape index (κ1) is 24.6. The van der Waals surface area contributed by atoms with E-state index >= 15 is 0 Å². The van der Waals surface area contributed by atoms with Gasteiger partial charge in [-0.15, -0.1) is 11.3 Å². The molecule has 0 bridgehead atoms. The zero-order valence-corrected chi connectivity index (χ0v) is 21.1. The van der Waals surface area contributed by atoms with Crippen LogP contribution < -0.4 is 15.6 Å². The molecule has 6 nitrogen and oxygen atoms in total. The third kappa shape index (κ3) is 6.33. The van der Waals surface area contributed by atoms with E-state index in [9.17, 15) is 9.59 Å². The maximum absolute atomic E-state index is 13.1. The van der Waals surface area contributed by atoms with Crippen LogP contribution in [0.25, 0.3) is 15.8 Å². The zero-order chi connectivity index (χ0) is 23.9. The summed E-state index contributed by atoms with van der Waals surface area (Å²) >= 11 is 1.75. The largest absolute Gasteiger partial charge is 0.342 e. The SMILES string of the molecule is CCC(=O)CCCCC[C@H](NC(=O)C1CCN(C)CC1)C1=[N+]C=C(c2cc3ccccc3s2)N1. The highest BCUT2D eigenvalue weighted by atomic mass is 32.1.